The van der Waals surface area contributed by atoms with Crippen molar-refractivity contribution >= 4 is 0 Å². The number of rotatable bonds is 5. The first-order valence-corrected chi connectivity index (χ1v) is 6.70. The van der Waals surface area contributed by atoms with Gasteiger partial charge in [-0.3, -0.25) is 0 Å². The normalized spacial score (nSPS) is 13.7. The minimum Gasteiger partial charge on any atom is -0.388 e. The number of benzene rings is 1. The van der Waals surface area contributed by atoms with Crippen LogP contribution in [0.15, 0.2) is 24.3 Å². The van der Waals surface area contributed by atoms with Gasteiger partial charge in [-0.15, -0.1) is 0 Å². The summed E-state index contributed by atoms with van der Waals surface area (Å²) in [4.78, 5) is 0. The third-order valence-corrected chi connectivity index (χ3v) is 3.20. The average Bonchev–Trinajstić information content (AvgIpc) is 2.27. The van der Waals surface area contributed by atoms with E-state index in [0.717, 1.165) is 24.8 Å². The van der Waals surface area contributed by atoms with Crippen molar-refractivity contribution in [3.63, 3.8) is 0 Å². The second-order valence-corrected chi connectivity index (χ2v) is 6.02. The van der Waals surface area contributed by atoms with Crippen LogP contribution in [0, 0.1) is 5.41 Å². The molecule has 1 unspecified atom stereocenters. The molecule has 1 rings (SSSR count). The zero-order chi connectivity index (χ0) is 12.9. The van der Waals surface area contributed by atoms with Crippen LogP contribution in [0.25, 0.3) is 0 Å². The van der Waals surface area contributed by atoms with E-state index in [1.54, 1.807) is 0 Å². The molecule has 0 radical (unpaired) electrons. The van der Waals surface area contributed by atoms with Gasteiger partial charge in [0.1, 0.15) is 0 Å². The molecule has 0 aromatic heterocycles. The average molecular weight is 234 g/mol. The van der Waals surface area contributed by atoms with E-state index in [2.05, 4.69) is 39.8 Å². The molecule has 0 saturated carbocycles. The van der Waals surface area contributed by atoms with Gasteiger partial charge in [-0.1, -0.05) is 58.4 Å². The van der Waals surface area contributed by atoms with Crippen molar-refractivity contribution in [1.29, 1.82) is 0 Å². The van der Waals surface area contributed by atoms with Crippen molar-refractivity contribution in [3.8, 4) is 0 Å². The Morgan fingerprint density at radius 1 is 1.18 bits per heavy atom. The Labute approximate surface area is 106 Å². The summed E-state index contributed by atoms with van der Waals surface area (Å²) in [6, 6.07) is 8.23. The molecule has 1 aromatic carbocycles. The first-order chi connectivity index (χ1) is 7.94. The van der Waals surface area contributed by atoms with E-state index in [1.807, 2.05) is 12.1 Å². The Kier molecular flexibility index (Phi) is 5.20. The molecule has 17 heavy (non-hydrogen) atoms. The second-order valence-electron chi connectivity index (χ2n) is 6.02. The molecule has 0 saturated heterocycles. The van der Waals surface area contributed by atoms with E-state index in [1.165, 1.54) is 12.0 Å². The summed E-state index contributed by atoms with van der Waals surface area (Å²) in [7, 11) is 0. The highest BCUT2D eigenvalue weighted by Crippen LogP contribution is 2.27. The van der Waals surface area contributed by atoms with Gasteiger partial charge in [-0.05, 0) is 35.8 Å². The number of hydrogen-bond donors (Lipinski definition) is 1. The van der Waals surface area contributed by atoms with E-state index in [9.17, 15) is 5.11 Å². The Morgan fingerprint density at radius 3 is 2.41 bits per heavy atom. The van der Waals surface area contributed by atoms with Crippen molar-refractivity contribution in [2.75, 3.05) is 0 Å². The lowest BCUT2D eigenvalue weighted by molar-refractivity contribution is 0.157. The lowest BCUT2D eigenvalue weighted by Crippen LogP contribution is -2.07. The highest BCUT2D eigenvalue weighted by Gasteiger charge is 2.14. The summed E-state index contributed by atoms with van der Waals surface area (Å²) in [6.07, 6.45) is 3.82. The Morgan fingerprint density at radius 2 is 1.82 bits per heavy atom. The topological polar surface area (TPSA) is 20.2 Å². The Hall–Kier alpha value is -0.820. The molecule has 0 aliphatic carbocycles. The minimum absolute atomic E-state index is 0.298. The summed E-state index contributed by atoms with van der Waals surface area (Å²) in [6.45, 7) is 8.89. The van der Waals surface area contributed by atoms with Gasteiger partial charge >= 0.3 is 0 Å². The molecule has 0 fully saturated rings. The van der Waals surface area contributed by atoms with Gasteiger partial charge in [0.05, 0.1) is 6.10 Å². The van der Waals surface area contributed by atoms with Crippen LogP contribution < -0.4 is 0 Å². The molecule has 0 aliphatic heterocycles. The number of hydrogen-bond acceptors (Lipinski definition) is 1. The molecule has 0 aliphatic rings. The van der Waals surface area contributed by atoms with Crippen molar-refractivity contribution in [2.45, 2.75) is 59.5 Å². The third-order valence-electron chi connectivity index (χ3n) is 3.20. The molecule has 1 aromatic rings. The van der Waals surface area contributed by atoms with Crippen LogP contribution in [0.1, 0.15) is 64.2 Å². The van der Waals surface area contributed by atoms with Gasteiger partial charge in [-0.2, -0.15) is 0 Å². The standard InChI is InChI=1S/C16H26O/c1-5-13-9-6-7-10-14(13)15(17)11-8-12-16(2,3)4/h6-7,9-10,15,17H,5,8,11-12H2,1-4H3. The first kappa shape index (κ1) is 14.2. The van der Waals surface area contributed by atoms with Crippen LogP contribution in [0.5, 0.6) is 0 Å². The lowest BCUT2D eigenvalue weighted by atomic mass is 9.88. The summed E-state index contributed by atoms with van der Waals surface area (Å²) in [5, 5.41) is 10.2. The van der Waals surface area contributed by atoms with E-state index >= 15 is 0 Å². The highest BCUT2D eigenvalue weighted by molar-refractivity contribution is 5.28. The fourth-order valence-electron chi connectivity index (χ4n) is 2.16. The summed E-state index contributed by atoms with van der Waals surface area (Å²) >= 11 is 0. The van der Waals surface area contributed by atoms with Crippen LogP contribution in [0.3, 0.4) is 0 Å². The van der Waals surface area contributed by atoms with Crippen LogP contribution in [0.4, 0.5) is 0 Å². The molecule has 96 valence electrons. The zero-order valence-electron chi connectivity index (χ0n) is 11.7. The van der Waals surface area contributed by atoms with Gasteiger partial charge in [0.25, 0.3) is 0 Å². The number of aliphatic hydroxyl groups is 1. The van der Waals surface area contributed by atoms with E-state index in [0.29, 0.717) is 5.41 Å². The maximum absolute atomic E-state index is 10.2. The minimum atomic E-state index is -0.298. The quantitative estimate of drug-likeness (QED) is 0.795. The van der Waals surface area contributed by atoms with E-state index in [4.69, 9.17) is 0 Å². The molecular weight excluding hydrogens is 208 g/mol. The largest absolute Gasteiger partial charge is 0.388 e. The molecule has 0 amide bonds. The van der Waals surface area contributed by atoms with Crippen molar-refractivity contribution in [3.05, 3.63) is 35.4 Å². The van der Waals surface area contributed by atoms with Gasteiger partial charge < -0.3 is 5.11 Å². The van der Waals surface area contributed by atoms with Crippen molar-refractivity contribution in [1.82, 2.24) is 0 Å². The molecule has 0 heterocycles. The first-order valence-electron chi connectivity index (χ1n) is 6.70. The SMILES string of the molecule is CCc1ccccc1C(O)CCCC(C)(C)C. The van der Waals surface area contributed by atoms with E-state index in [-0.39, 0.29) is 6.10 Å². The number of aryl methyl sites for hydroxylation is 1. The van der Waals surface area contributed by atoms with Gasteiger partial charge in [0, 0.05) is 0 Å². The fraction of sp³-hybridized carbons (Fsp3) is 0.625. The smallest absolute Gasteiger partial charge is 0.0792 e. The zero-order valence-corrected chi connectivity index (χ0v) is 11.7. The van der Waals surface area contributed by atoms with Gasteiger partial charge in [0.2, 0.25) is 0 Å². The molecular formula is C16H26O. The van der Waals surface area contributed by atoms with Crippen LogP contribution in [0.2, 0.25) is 0 Å². The second kappa shape index (κ2) is 6.20. The number of aliphatic hydroxyl groups excluding tert-OH is 1. The lowest BCUT2D eigenvalue weighted by Gasteiger charge is -2.20. The highest BCUT2D eigenvalue weighted by atomic mass is 16.3. The maximum Gasteiger partial charge on any atom is 0.0792 e. The molecule has 1 N–H and O–H groups in total. The third kappa shape index (κ3) is 4.91. The van der Waals surface area contributed by atoms with Crippen LogP contribution in [-0.4, -0.2) is 5.11 Å². The van der Waals surface area contributed by atoms with Crippen LogP contribution in [-0.2, 0) is 6.42 Å². The van der Waals surface area contributed by atoms with Crippen LogP contribution >= 0.6 is 0 Å². The predicted molar refractivity (Wildman–Crippen MR) is 74.1 cm³/mol. The summed E-state index contributed by atoms with van der Waals surface area (Å²) in [5.41, 5.74) is 2.75. The molecule has 0 bridgehead atoms. The van der Waals surface area contributed by atoms with E-state index < -0.39 is 0 Å². The maximum atomic E-state index is 10.2. The molecule has 1 atom stereocenters. The monoisotopic (exact) mass is 234 g/mol. The fourth-order valence-corrected chi connectivity index (χ4v) is 2.16. The summed E-state index contributed by atoms with van der Waals surface area (Å²) < 4.78 is 0. The van der Waals surface area contributed by atoms with Gasteiger partial charge in [0.15, 0.2) is 0 Å². The molecule has 0 spiro atoms. The van der Waals surface area contributed by atoms with Crippen molar-refractivity contribution in [2.24, 2.45) is 5.41 Å². The Balaban J connectivity index is 2.55. The molecule has 1 nitrogen and oxygen atoms in total. The summed E-state index contributed by atoms with van der Waals surface area (Å²) in [5.74, 6) is 0. The van der Waals surface area contributed by atoms with Crippen molar-refractivity contribution < 1.29 is 5.11 Å². The molecule has 1 heteroatoms. The Bertz CT molecular complexity index is 336. The predicted octanol–water partition coefficient (Wildman–Crippen LogP) is 4.50. The van der Waals surface area contributed by atoms with Gasteiger partial charge in [-0.25, -0.2) is 0 Å².